The smallest absolute Gasteiger partial charge is 0.317 e. The van der Waals surface area contributed by atoms with Crippen LogP contribution in [0.3, 0.4) is 0 Å². The fourth-order valence-corrected chi connectivity index (χ4v) is 4.17. The first-order chi connectivity index (χ1) is 12.9. The summed E-state index contributed by atoms with van der Waals surface area (Å²) >= 11 is 0. The summed E-state index contributed by atoms with van der Waals surface area (Å²) in [5, 5.41) is 12.4. The molecule has 0 bridgehead atoms. The molecule has 1 saturated carbocycles. The third-order valence-corrected chi connectivity index (χ3v) is 5.92. The summed E-state index contributed by atoms with van der Waals surface area (Å²) in [7, 11) is 0. The minimum Gasteiger partial charge on any atom is -0.481 e. The third kappa shape index (κ3) is 3.24. The molecule has 2 N–H and O–H groups in total. The number of urea groups is 1. The summed E-state index contributed by atoms with van der Waals surface area (Å²) < 4.78 is 0. The van der Waals surface area contributed by atoms with Crippen LogP contribution in [0.15, 0.2) is 24.5 Å². The van der Waals surface area contributed by atoms with Gasteiger partial charge in [-0.2, -0.15) is 0 Å². The largest absolute Gasteiger partial charge is 0.481 e. The van der Waals surface area contributed by atoms with Crippen molar-refractivity contribution in [3.8, 4) is 0 Å². The van der Waals surface area contributed by atoms with Gasteiger partial charge in [0, 0.05) is 37.9 Å². The van der Waals surface area contributed by atoms with E-state index >= 15 is 0 Å². The Labute approximate surface area is 157 Å². The van der Waals surface area contributed by atoms with Crippen LogP contribution in [-0.4, -0.2) is 63.0 Å². The number of hydrogen-bond donors (Lipinski definition) is 2. The zero-order valence-electron chi connectivity index (χ0n) is 15.3. The van der Waals surface area contributed by atoms with E-state index in [4.69, 9.17) is 0 Å². The minimum absolute atomic E-state index is 0.0495. The topological polar surface area (TPSA) is 103 Å². The number of aliphatic carboxylic acids is 1. The number of amides is 3. The molecule has 144 valence electrons. The van der Waals surface area contributed by atoms with E-state index in [2.05, 4.69) is 10.3 Å². The van der Waals surface area contributed by atoms with Crippen LogP contribution in [0.4, 0.5) is 4.79 Å². The van der Waals surface area contributed by atoms with Gasteiger partial charge >= 0.3 is 12.0 Å². The second kappa shape index (κ2) is 6.51. The molecule has 3 heterocycles. The number of carbonyl (C=O) groups excluding carboxylic acids is 2. The van der Waals surface area contributed by atoms with Gasteiger partial charge in [-0.15, -0.1) is 0 Å². The van der Waals surface area contributed by atoms with Crippen molar-refractivity contribution in [2.24, 2.45) is 5.41 Å². The minimum atomic E-state index is -0.911. The Kier molecular flexibility index (Phi) is 4.28. The highest BCUT2D eigenvalue weighted by Crippen LogP contribution is 2.41. The van der Waals surface area contributed by atoms with Gasteiger partial charge in [0.05, 0.1) is 17.5 Å². The summed E-state index contributed by atoms with van der Waals surface area (Å²) in [5.41, 5.74) is 0.00313. The van der Waals surface area contributed by atoms with Crippen LogP contribution in [0.2, 0.25) is 0 Å². The molecule has 8 nitrogen and oxygen atoms in total. The first-order valence-corrected chi connectivity index (χ1v) is 9.39. The van der Waals surface area contributed by atoms with Gasteiger partial charge in [-0.3, -0.25) is 14.6 Å². The van der Waals surface area contributed by atoms with E-state index in [-0.39, 0.29) is 43.0 Å². The van der Waals surface area contributed by atoms with Crippen molar-refractivity contribution in [1.29, 1.82) is 0 Å². The molecule has 2 aliphatic heterocycles. The van der Waals surface area contributed by atoms with Gasteiger partial charge in [0.1, 0.15) is 0 Å². The maximum absolute atomic E-state index is 12.8. The lowest BCUT2D eigenvalue weighted by Gasteiger charge is -2.30. The Balaban J connectivity index is 1.51. The van der Waals surface area contributed by atoms with Crippen molar-refractivity contribution in [3.63, 3.8) is 0 Å². The van der Waals surface area contributed by atoms with Crippen molar-refractivity contribution in [2.75, 3.05) is 13.1 Å². The number of nitrogens with one attached hydrogen (secondary N) is 1. The van der Waals surface area contributed by atoms with E-state index in [0.717, 1.165) is 18.4 Å². The Bertz CT molecular complexity index is 766. The fraction of sp³-hybridized carbons (Fsp3) is 0.579. The lowest BCUT2D eigenvalue weighted by Crippen LogP contribution is -2.47. The van der Waals surface area contributed by atoms with Crippen LogP contribution < -0.4 is 5.32 Å². The maximum atomic E-state index is 12.8. The lowest BCUT2D eigenvalue weighted by molar-refractivity contribution is -0.147. The number of nitrogens with zero attached hydrogens (tertiary/aromatic N) is 3. The second-order valence-corrected chi connectivity index (χ2v) is 8.06. The molecule has 2 saturated heterocycles. The Morgan fingerprint density at radius 3 is 2.74 bits per heavy atom. The van der Waals surface area contributed by atoms with Gasteiger partial charge in [-0.25, -0.2) is 4.79 Å². The number of likely N-dealkylation sites (tertiary alicyclic amines) is 2. The fourth-order valence-electron chi connectivity index (χ4n) is 4.17. The number of carboxylic acids is 1. The molecule has 1 aliphatic carbocycles. The molecule has 4 rings (SSSR count). The van der Waals surface area contributed by atoms with Gasteiger partial charge in [0.15, 0.2) is 0 Å². The van der Waals surface area contributed by atoms with Gasteiger partial charge in [-0.05, 0) is 37.8 Å². The Morgan fingerprint density at radius 2 is 2.15 bits per heavy atom. The summed E-state index contributed by atoms with van der Waals surface area (Å²) in [6, 6.07) is 3.14. The first kappa shape index (κ1) is 17.8. The van der Waals surface area contributed by atoms with E-state index in [0.29, 0.717) is 13.0 Å². The molecule has 1 aromatic rings. The monoisotopic (exact) mass is 372 g/mol. The molecule has 27 heavy (non-hydrogen) atoms. The van der Waals surface area contributed by atoms with Crippen LogP contribution in [0.25, 0.3) is 0 Å². The summed E-state index contributed by atoms with van der Waals surface area (Å²) in [4.78, 5) is 44.4. The van der Waals surface area contributed by atoms with Crippen LogP contribution in [0.5, 0.6) is 0 Å². The van der Waals surface area contributed by atoms with E-state index in [1.807, 2.05) is 17.0 Å². The zero-order chi connectivity index (χ0) is 19.2. The van der Waals surface area contributed by atoms with Crippen LogP contribution in [0, 0.1) is 5.41 Å². The van der Waals surface area contributed by atoms with Gasteiger partial charge < -0.3 is 20.2 Å². The number of hydrogen-bond acceptors (Lipinski definition) is 4. The van der Waals surface area contributed by atoms with Crippen molar-refractivity contribution < 1.29 is 19.5 Å². The molecule has 3 atom stereocenters. The van der Waals surface area contributed by atoms with Gasteiger partial charge in [0.2, 0.25) is 5.91 Å². The Morgan fingerprint density at radius 1 is 1.37 bits per heavy atom. The molecule has 1 aromatic heterocycles. The van der Waals surface area contributed by atoms with E-state index < -0.39 is 11.4 Å². The normalized spacial score (nSPS) is 30.6. The van der Waals surface area contributed by atoms with E-state index in [9.17, 15) is 19.5 Å². The van der Waals surface area contributed by atoms with Gasteiger partial charge in [-0.1, -0.05) is 6.07 Å². The molecular formula is C19H24N4O4. The summed E-state index contributed by atoms with van der Waals surface area (Å²) in [5.74, 6) is -0.838. The first-order valence-electron chi connectivity index (χ1n) is 9.39. The van der Waals surface area contributed by atoms with Crippen LogP contribution >= 0.6 is 0 Å². The molecule has 3 fully saturated rings. The summed E-state index contributed by atoms with van der Waals surface area (Å²) in [6.07, 6.45) is 6.10. The lowest BCUT2D eigenvalue weighted by atomic mass is 9.90. The van der Waals surface area contributed by atoms with Crippen LogP contribution in [-0.2, 0) is 9.59 Å². The molecular weight excluding hydrogens is 348 g/mol. The summed E-state index contributed by atoms with van der Waals surface area (Å²) in [6.45, 7) is 2.24. The van der Waals surface area contributed by atoms with Crippen molar-refractivity contribution in [3.05, 3.63) is 30.1 Å². The Hall–Kier alpha value is -2.64. The number of carbonyl (C=O) groups is 3. The number of aromatic nitrogens is 1. The second-order valence-electron chi connectivity index (χ2n) is 8.06. The molecule has 3 aliphatic rings. The van der Waals surface area contributed by atoms with Gasteiger partial charge in [0.25, 0.3) is 0 Å². The number of carboxylic acid groups (broad SMARTS) is 1. The van der Waals surface area contributed by atoms with Crippen LogP contribution in [0.1, 0.15) is 44.2 Å². The predicted octanol–water partition coefficient (Wildman–Crippen LogP) is 1.39. The van der Waals surface area contributed by atoms with E-state index in [1.165, 1.54) is 0 Å². The van der Waals surface area contributed by atoms with Crippen molar-refractivity contribution in [2.45, 2.75) is 50.7 Å². The number of pyridine rings is 1. The third-order valence-electron chi connectivity index (χ3n) is 5.92. The molecule has 0 radical (unpaired) electrons. The van der Waals surface area contributed by atoms with Crippen molar-refractivity contribution in [1.82, 2.24) is 20.1 Å². The zero-order valence-corrected chi connectivity index (χ0v) is 15.3. The SMILES string of the molecule is CC1(C(=O)O)CCN(C(=O)N[C@@H]2CC(=O)N(C3CC3)[C@H]2c2cccnc2)C1. The quantitative estimate of drug-likeness (QED) is 0.831. The number of rotatable bonds is 4. The average Bonchev–Trinajstić information content (AvgIpc) is 3.31. The highest BCUT2D eigenvalue weighted by molar-refractivity contribution is 5.84. The molecule has 0 spiro atoms. The molecule has 1 unspecified atom stereocenters. The van der Waals surface area contributed by atoms with Crippen molar-refractivity contribution >= 4 is 17.9 Å². The molecule has 8 heteroatoms. The molecule has 3 amide bonds. The highest BCUT2D eigenvalue weighted by Gasteiger charge is 2.49. The predicted molar refractivity (Wildman–Crippen MR) is 95.7 cm³/mol. The average molecular weight is 372 g/mol. The highest BCUT2D eigenvalue weighted by atomic mass is 16.4. The standard InChI is InChI=1S/C19H24N4O4/c1-19(17(25)26)6-8-22(11-19)18(27)21-14-9-15(24)23(13-4-5-13)16(14)12-3-2-7-20-10-12/h2-3,7,10,13-14,16H,4-6,8-9,11H2,1H3,(H,21,27)(H,25,26)/t14-,16+,19?/m1/s1. The van der Waals surface area contributed by atoms with E-state index in [1.54, 1.807) is 24.2 Å². The molecule has 0 aromatic carbocycles. The maximum Gasteiger partial charge on any atom is 0.317 e.